The molecule has 0 aliphatic heterocycles. The molecule has 3 rings (SSSR count). The molecule has 2 heterocycles. The quantitative estimate of drug-likeness (QED) is 0.748. The molecule has 0 saturated carbocycles. The maximum atomic E-state index is 11.7. The lowest BCUT2D eigenvalue weighted by atomic mass is 10.2. The minimum atomic E-state index is -0.426. The summed E-state index contributed by atoms with van der Waals surface area (Å²) in [4.78, 5) is 11.7. The Morgan fingerprint density at radius 1 is 1.30 bits per heavy atom. The van der Waals surface area contributed by atoms with Gasteiger partial charge in [-0.1, -0.05) is 28.1 Å². The third kappa shape index (κ3) is 2.48. The molecule has 0 aliphatic carbocycles. The van der Waals surface area contributed by atoms with Gasteiger partial charge in [-0.25, -0.2) is 9.89 Å². The summed E-state index contributed by atoms with van der Waals surface area (Å²) in [5, 5.41) is 10.4. The number of hydrogen-bond donors (Lipinski definition) is 1. The molecular weight excluding hydrogens is 324 g/mol. The number of rotatable bonds is 3. The van der Waals surface area contributed by atoms with Gasteiger partial charge >= 0.3 is 5.69 Å². The summed E-state index contributed by atoms with van der Waals surface area (Å²) >= 11 is 3.36. The second kappa shape index (κ2) is 5.30. The van der Waals surface area contributed by atoms with Gasteiger partial charge in [0.15, 0.2) is 5.76 Å². The lowest BCUT2D eigenvalue weighted by Gasteiger charge is -1.96. The first-order valence-corrected chi connectivity index (χ1v) is 6.54. The number of aromatic amines is 1. The third-order valence-corrected chi connectivity index (χ3v) is 3.11. The molecule has 20 heavy (non-hydrogen) atoms. The van der Waals surface area contributed by atoms with Crippen molar-refractivity contribution in [2.24, 2.45) is 5.10 Å². The van der Waals surface area contributed by atoms with E-state index in [9.17, 15) is 4.79 Å². The van der Waals surface area contributed by atoms with Crippen LogP contribution in [-0.4, -0.2) is 21.1 Å². The number of nitrogens with zero attached hydrogens (tertiary/aromatic N) is 3. The molecule has 0 bridgehead atoms. The van der Waals surface area contributed by atoms with E-state index >= 15 is 0 Å². The van der Waals surface area contributed by atoms with Crippen LogP contribution in [0.2, 0.25) is 0 Å². The molecule has 100 valence electrons. The molecule has 0 radical (unpaired) electrons. The Kier molecular flexibility index (Phi) is 3.34. The monoisotopic (exact) mass is 332 g/mol. The van der Waals surface area contributed by atoms with Crippen LogP contribution in [0, 0.1) is 0 Å². The van der Waals surface area contributed by atoms with Gasteiger partial charge in [0, 0.05) is 4.47 Å². The Morgan fingerprint density at radius 3 is 2.80 bits per heavy atom. The van der Waals surface area contributed by atoms with Crippen molar-refractivity contribution in [2.75, 3.05) is 0 Å². The highest BCUT2D eigenvalue weighted by molar-refractivity contribution is 9.10. The van der Waals surface area contributed by atoms with Crippen molar-refractivity contribution in [3.05, 3.63) is 63.2 Å². The van der Waals surface area contributed by atoms with E-state index in [0.29, 0.717) is 11.6 Å². The van der Waals surface area contributed by atoms with E-state index in [-0.39, 0.29) is 0 Å². The summed E-state index contributed by atoms with van der Waals surface area (Å²) in [6.45, 7) is 0. The van der Waals surface area contributed by atoms with Gasteiger partial charge in [-0.15, -0.1) is 5.10 Å². The van der Waals surface area contributed by atoms with E-state index in [1.54, 1.807) is 18.3 Å². The molecule has 1 N–H and O–H groups in total. The first-order chi connectivity index (χ1) is 9.74. The van der Waals surface area contributed by atoms with Crippen LogP contribution in [0.1, 0.15) is 5.56 Å². The second-order valence-electron chi connectivity index (χ2n) is 3.94. The number of benzene rings is 1. The van der Waals surface area contributed by atoms with Crippen LogP contribution in [0.5, 0.6) is 0 Å². The number of H-pyrrole nitrogens is 1. The third-order valence-electron chi connectivity index (χ3n) is 2.58. The van der Waals surface area contributed by atoms with Crippen molar-refractivity contribution in [1.29, 1.82) is 0 Å². The Labute approximate surface area is 121 Å². The van der Waals surface area contributed by atoms with Gasteiger partial charge in [0.25, 0.3) is 0 Å². The number of halogens is 1. The highest BCUT2D eigenvalue weighted by Crippen LogP contribution is 2.15. The minimum absolute atomic E-state index is 0.327. The van der Waals surface area contributed by atoms with Gasteiger partial charge in [0.1, 0.15) is 0 Å². The molecule has 0 atom stereocenters. The second-order valence-corrected chi connectivity index (χ2v) is 4.85. The number of nitrogens with one attached hydrogen (secondary N) is 1. The highest BCUT2D eigenvalue weighted by Gasteiger charge is 2.11. The molecule has 2 aromatic heterocycles. The first kappa shape index (κ1) is 12.6. The predicted octanol–water partition coefficient (Wildman–Crippen LogP) is 2.48. The van der Waals surface area contributed by atoms with Crippen molar-refractivity contribution >= 4 is 22.1 Å². The Hall–Kier alpha value is -2.41. The van der Waals surface area contributed by atoms with Crippen molar-refractivity contribution in [3.63, 3.8) is 0 Å². The predicted molar refractivity (Wildman–Crippen MR) is 77.7 cm³/mol. The molecule has 7 heteroatoms. The Morgan fingerprint density at radius 2 is 2.10 bits per heavy atom. The van der Waals surface area contributed by atoms with E-state index in [4.69, 9.17) is 4.42 Å². The maximum absolute atomic E-state index is 11.7. The minimum Gasteiger partial charge on any atom is -0.461 e. The lowest BCUT2D eigenvalue weighted by Crippen LogP contribution is -2.13. The van der Waals surface area contributed by atoms with E-state index in [1.165, 1.54) is 6.26 Å². The van der Waals surface area contributed by atoms with Crippen LogP contribution >= 0.6 is 15.9 Å². The zero-order valence-corrected chi connectivity index (χ0v) is 11.7. The van der Waals surface area contributed by atoms with Crippen LogP contribution in [0.25, 0.3) is 11.6 Å². The van der Waals surface area contributed by atoms with Crippen molar-refractivity contribution in [2.45, 2.75) is 0 Å². The molecule has 0 unspecified atom stereocenters. The van der Waals surface area contributed by atoms with E-state index < -0.39 is 5.69 Å². The van der Waals surface area contributed by atoms with Gasteiger partial charge in [-0.2, -0.15) is 9.78 Å². The van der Waals surface area contributed by atoms with Gasteiger partial charge in [0.05, 0.1) is 12.5 Å². The van der Waals surface area contributed by atoms with Crippen LogP contribution in [0.15, 0.2) is 61.4 Å². The average molecular weight is 333 g/mol. The number of hydrogen-bond acceptors (Lipinski definition) is 4. The van der Waals surface area contributed by atoms with Gasteiger partial charge in [-0.05, 0) is 29.8 Å². The fourth-order valence-corrected chi connectivity index (χ4v) is 1.90. The maximum Gasteiger partial charge on any atom is 0.364 e. The number of aromatic nitrogens is 3. The van der Waals surface area contributed by atoms with Gasteiger partial charge < -0.3 is 4.42 Å². The van der Waals surface area contributed by atoms with Crippen molar-refractivity contribution < 1.29 is 4.42 Å². The number of furan rings is 1. The Bertz CT molecular complexity index is 785. The molecule has 0 fully saturated rings. The van der Waals surface area contributed by atoms with E-state index in [1.807, 2.05) is 24.3 Å². The summed E-state index contributed by atoms with van der Waals surface area (Å²) in [5.41, 5.74) is 0.441. The SMILES string of the molecule is O=c1[nH]nc(-c2ccco2)n1/N=C/c1ccc(Br)cc1. The molecule has 0 aliphatic rings. The molecule has 3 aromatic rings. The highest BCUT2D eigenvalue weighted by atomic mass is 79.9. The van der Waals surface area contributed by atoms with Gasteiger partial charge in [0.2, 0.25) is 5.82 Å². The topological polar surface area (TPSA) is 76.2 Å². The standard InChI is InChI=1S/C13H9BrN4O2/c14-10-5-3-9(4-6-10)8-15-18-12(16-17-13(18)19)11-2-1-7-20-11/h1-8H,(H,17,19)/b15-8+. The fraction of sp³-hybridized carbons (Fsp3) is 0. The molecule has 6 nitrogen and oxygen atoms in total. The Balaban J connectivity index is 1.97. The smallest absolute Gasteiger partial charge is 0.364 e. The average Bonchev–Trinajstić information content (AvgIpc) is 3.08. The summed E-state index contributed by atoms with van der Waals surface area (Å²) in [6.07, 6.45) is 3.09. The largest absolute Gasteiger partial charge is 0.461 e. The van der Waals surface area contributed by atoms with E-state index in [2.05, 4.69) is 31.2 Å². The normalized spacial score (nSPS) is 11.2. The van der Waals surface area contributed by atoms with Crippen molar-refractivity contribution in [3.8, 4) is 11.6 Å². The van der Waals surface area contributed by atoms with Crippen LogP contribution < -0.4 is 5.69 Å². The zero-order valence-electron chi connectivity index (χ0n) is 10.2. The van der Waals surface area contributed by atoms with Gasteiger partial charge in [-0.3, -0.25) is 0 Å². The molecule has 0 amide bonds. The summed E-state index contributed by atoms with van der Waals surface area (Å²) in [5.74, 6) is 0.796. The molecule has 0 spiro atoms. The zero-order chi connectivity index (χ0) is 13.9. The first-order valence-electron chi connectivity index (χ1n) is 5.75. The molecule has 0 saturated heterocycles. The lowest BCUT2D eigenvalue weighted by molar-refractivity contribution is 0.572. The van der Waals surface area contributed by atoms with Crippen LogP contribution in [0.3, 0.4) is 0 Å². The van der Waals surface area contributed by atoms with Crippen LogP contribution in [0.4, 0.5) is 0 Å². The van der Waals surface area contributed by atoms with E-state index in [0.717, 1.165) is 14.7 Å². The van der Waals surface area contributed by atoms with Crippen LogP contribution in [-0.2, 0) is 0 Å². The molecular formula is C13H9BrN4O2. The summed E-state index contributed by atoms with van der Waals surface area (Å²) in [7, 11) is 0. The van der Waals surface area contributed by atoms with Crippen molar-refractivity contribution in [1.82, 2.24) is 14.9 Å². The fourth-order valence-electron chi connectivity index (χ4n) is 1.64. The molecule has 1 aromatic carbocycles. The summed E-state index contributed by atoms with van der Waals surface area (Å²) < 4.78 is 7.35. The summed E-state index contributed by atoms with van der Waals surface area (Å²) in [6, 6.07) is 11.0.